The quantitative estimate of drug-likeness (QED) is 0.917. The Kier molecular flexibility index (Phi) is 3.71. The Balaban J connectivity index is 2.19. The van der Waals surface area contributed by atoms with E-state index in [-0.39, 0.29) is 12.2 Å². The van der Waals surface area contributed by atoms with Gasteiger partial charge >= 0.3 is 0 Å². The molecule has 0 radical (unpaired) electrons. The number of nitrogens with one attached hydrogen (secondary N) is 1. The van der Waals surface area contributed by atoms with Crippen molar-refractivity contribution >= 4 is 5.69 Å². The van der Waals surface area contributed by atoms with Crippen LogP contribution in [0.25, 0.3) is 0 Å². The molecule has 96 valence electrons. The van der Waals surface area contributed by atoms with E-state index in [0.717, 1.165) is 18.2 Å². The molecule has 0 unspecified atom stereocenters. The number of hydrogen-bond acceptors (Lipinski definition) is 2. The Morgan fingerprint density at radius 3 is 2.26 bits per heavy atom. The van der Waals surface area contributed by atoms with Crippen LogP contribution in [0.2, 0.25) is 0 Å². The van der Waals surface area contributed by atoms with Crippen molar-refractivity contribution < 1.29 is 13.2 Å². The largest absolute Gasteiger partial charge is 0.381 e. The Hall–Kier alpha value is -2.48. The van der Waals surface area contributed by atoms with Crippen LogP contribution in [0.3, 0.4) is 0 Å². The van der Waals surface area contributed by atoms with Crippen molar-refractivity contribution in [3.63, 3.8) is 0 Å². The monoisotopic (exact) mass is 262 g/mol. The van der Waals surface area contributed by atoms with Crippen LogP contribution in [-0.4, -0.2) is 0 Å². The van der Waals surface area contributed by atoms with Crippen molar-refractivity contribution in [2.24, 2.45) is 0 Å². The minimum Gasteiger partial charge on any atom is -0.381 e. The first-order valence-corrected chi connectivity index (χ1v) is 5.47. The predicted octanol–water partition coefficient (Wildman–Crippen LogP) is 3.59. The van der Waals surface area contributed by atoms with E-state index in [1.54, 1.807) is 0 Å². The molecule has 0 bridgehead atoms. The highest BCUT2D eigenvalue weighted by molar-refractivity contribution is 5.46. The summed E-state index contributed by atoms with van der Waals surface area (Å²) in [6.45, 7) is 0.101. The van der Waals surface area contributed by atoms with Gasteiger partial charge in [0, 0.05) is 18.3 Å². The maximum absolute atomic E-state index is 13.1. The first kappa shape index (κ1) is 13.0. The van der Waals surface area contributed by atoms with Crippen LogP contribution in [0.1, 0.15) is 11.1 Å². The van der Waals surface area contributed by atoms with Crippen molar-refractivity contribution in [1.82, 2.24) is 0 Å². The highest BCUT2D eigenvalue weighted by Gasteiger charge is 2.05. The minimum atomic E-state index is -0.706. The van der Waals surface area contributed by atoms with Gasteiger partial charge in [0.2, 0.25) is 0 Å². The molecule has 0 aliphatic rings. The third kappa shape index (κ3) is 3.26. The summed E-state index contributed by atoms with van der Waals surface area (Å²) >= 11 is 0. The highest BCUT2D eigenvalue weighted by atomic mass is 19.1. The maximum atomic E-state index is 13.1. The second-order valence-corrected chi connectivity index (χ2v) is 3.92. The van der Waals surface area contributed by atoms with E-state index < -0.39 is 17.5 Å². The molecular formula is C14H9F3N2. The van der Waals surface area contributed by atoms with E-state index in [2.05, 4.69) is 5.32 Å². The summed E-state index contributed by atoms with van der Waals surface area (Å²) in [4.78, 5) is 0. The summed E-state index contributed by atoms with van der Waals surface area (Å²) in [7, 11) is 0. The Labute approximate surface area is 108 Å². The molecule has 0 heterocycles. The van der Waals surface area contributed by atoms with Crippen LogP contribution in [0, 0.1) is 28.8 Å². The molecule has 0 saturated heterocycles. The van der Waals surface area contributed by atoms with E-state index in [9.17, 15) is 13.2 Å². The van der Waals surface area contributed by atoms with Crippen molar-refractivity contribution in [1.29, 1.82) is 5.26 Å². The molecule has 0 spiro atoms. The second kappa shape index (κ2) is 5.44. The molecule has 2 aromatic carbocycles. The number of benzene rings is 2. The lowest BCUT2D eigenvalue weighted by molar-refractivity contribution is 0.584. The standard InChI is InChI=1S/C14H9F3N2/c15-11-2-1-9(7-18)10(3-11)8-19-14-5-12(16)4-13(17)6-14/h1-6,19H,8H2. The number of nitrogens with zero attached hydrogens (tertiary/aromatic N) is 1. The fourth-order valence-corrected chi connectivity index (χ4v) is 1.67. The third-order valence-corrected chi connectivity index (χ3v) is 2.53. The van der Waals surface area contributed by atoms with Gasteiger partial charge < -0.3 is 5.32 Å². The number of rotatable bonds is 3. The number of halogens is 3. The lowest BCUT2D eigenvalue weighted by Crippen LogP contribution is -2.03. The van der Waals surface area contributed by atoms with Gasteiger partial charge in [-0.15, -0.1) is 0 Å². The Bertz CT molecular complexity index is 627. The average Bonchev–Trinajstić information content (AvgIpc) is 2.35. The zero-order chi connectivity index (χ0) is 13.8. The summed E-state index contributed by atoms with van der Waals surface area (Å²) in [5, 5.41) is 11.6. The number of anilines is 1. The second-order valence-electron chi connectivity index (χ2n) is 3.92. The zero-order valence-electron chi connectivity index (χ0n) is 9.75. The molecule has 2 nitrogen and oxygen atoms in total. The van der Waals surface area contributed by atoms with Crippen LogP contribution >= 0.6 is 0 Å². The van der Waals surface area contributed by atoms with E-state index in [0.29, 0.717) is 11.1 Å². The van der Waals surface area contributed by atoms with E-state index in [4.69, 9.17) is 5.26 Å². The average molecular weight is 262 g/mol. The molecule has 0 aliphatic carbocycles. The molecule has 0 amide bonds. The fourth-order valence-electron chi connectivity index (χ4n) is 1.67. The Morgan fingerprint density at radius 2 is 1.63 bits per heavy atom. The van der Waals surface area contributed by atoms with Crippen LogP contribution in [0.15, 0.2) is 36.4 Å². The van der Waals surface area contributed by atoms with Crippen LogP contribution in [0.5, 0.6) is 0 Å². The summed E-state index contributed by atoms with van der Waals surface area (Å²) in [5.41, 5.74) is 0.962. The highest BCUT2D eigenvalue weighted by Crippen LogP contribution is 2.16. The van der Waals surface area contributed by atoms with Gasteiger partial charge in [-0.05, 0) is 35.9 Å². The van der Waals surface area contributed by atoms with Crippen molar-refractivity contribution in [2.45, 2.75) is 6.54 Å². The molecule has 1 N–H and O–H groups in total. The first-order chi connectivity index (χ1) is 9.08. The molecule has 2 aromatic rings. The van der Waals surface area contributed by atoms with Gasteiger partial charge in [0.05, 0.1) is 11.6 Å². The van der Waals surface area contributed by atoms with Gasteiger partial charge in [-0.3, -0.25) is 0 Å². The molecule has 0 aliphatic heterocycles. The lowest BCUT2D eigenvalue weighted by Gasteiger charge is -2.08. The smallest absolute Gasteiger partial charge is 0.128 e. The van der Waals surface area contributed by atoms with Gasteiger partial charge in [-0.25, -0.2) is 13.2 Å². The fraction of sp³-hybridized carbons (Fsp3) is 0.0714. The lowest BCUT2D eigenvalue weighted by atomic mass is 10.1. The normalized spacial score (nSPS) is 10.0. The molecule has 2 rings (SSSR count). The van der Waals surface area contributed by atoms with Crippen LogP contribution in [-0.2, 0) is 6.54 Å². The van der Waals surface area contributed by atoms with Crippen LogP contribution < -0.4 is 5.32 Å². The van der Waals surface area contributed by atoms with Gasteiger partial charge in [-0.1, -0.05) is 0 Å². The molecule has 0 aromatic heterocycles. The summed E-state index contributed by atoms with van der Waals surface area (Å²) in [6, 6.07) is 8.68. The van der Waals surface area contributed by atoms with Crippen molar-refractivity contribution in [3.05, 3.63) is 65.0 Å². The predicted molar refractivity (Wildman–Crippen MR) is 64.8 cm³/mol. The van der Waals surface area contributed by atoms with E-state index in [1.807, 2.05) is 6.07 Å². The topological polar surface area (TPSA) is 35.8 Å². The third-order valence-electron chi connectivity index (χ3n) is 2.53. The molecular weight excluding hydrogens is 253 g/mol. The van der Waals surface area contributed by atoms with Crippen LogP contribution in [0.4, 0.5) is 18.9 Å². The van der Waals surface area contributed by atoms with Crippen molar-refractivity contribution in [3.8, 4) is 6.07 Å². The summed E-state index contributed by atoms with van der Waals surface area (Å²) in [5.74, 6) is -1.88. The van der Waals surface area contributed by atoms with Crippen molar-refractivity contribution in [2.75, 3.05) is 5.32 Å². The molecule has 0 atom stereocenters. The zero-order valence-corrected chi connectivity index (χ0v) is 9.75. The van der Waals surface area contributed by atoms with Gasteiger partial charge in [0.25, 0.3) is 0 Å². The Morgan fingerprint density at radius 1 is 0.947 bits per heavy atom. The minimum absolute atomic E-state index is 0.101. The number of nitriles is 1. The molecule has 19 heavy (non-hydrogen) atoms. The van der Waals surface area contributed by atoms with E-state index >= 15 is 0 Å². The van der Waals surface area contributed by atoms with Gasteiger partial charge in [0.1, 0.15) is 17.5 Å². The molecule has 5 heteroatoms. The molecule has 0 saturated carbocycles. The maximum Gasteiger partial charge on any atom is 0.128 e. The van der Waals surface area contributed by atoms with E-state index in [1.165, 1.54) is 18.2 Å². The summed E-state index contributed by atoms with van der Waals surface area (Å²) in [6.07, 6.45) is 0. The number of hydrogen-bond donors (Lipinski definition) is 1. The van der Waals surface area contributed by atoms with Gasteiger partial charge in [-0.2, -0.15) is 5.26 Å². The first-order valence-electron chi connectivity index (χ1n) is 5.47. The van der Waals surface area contributed by atoms with Gasteiger partial charge in [0.15, 0.2) is 0 Å². The SMILES string of the molecule is N#Cc1ccc(F)cc1CNc1cc(F)cc(F)c1. The molecule has 0 fully saturated rings. The summed E-state index contributed by atoms with van der Waals surface area (Å²) < 4.78 is 39.0.